The molecule has 0 spiro atoms. The molecule has 0 aliphatic rings. The summed E-state index contributed by atoms with van der Waals surface area (Å²) < 4.78 is 6.37. The second-order valence-corrected chi connectivity index (χ2v) is 4.03. The minimum absolute atomic E-state index is 0.0680. The Morgan fingerprint density at radius 2 is 2.12 bits per heavy atom. The van der Waals surface area contributed by atoms with Gasteiger partial charge in [0.2, 0.25) is 0 Å². The number of hydrogen-bond acceptors (Lipinski definition) is 4. The van der Waals surface area contributed by atoms with E-state index < -0.39 is 5.56 Å². The number of halogens is 1. The molecule has 0 saturated heterocycles. The normalized spacial score (nSPS) is 10.2. The molecular formula is C11H9BrN2O3. The molecule has 5 nitrogen and oxygen atoms in total. The first-order valence-electron chi connectivity index (χ1n) is 4.75. The van der Waals surface area contributed by atoms with Crippen molar-refractivity contribution < 1.29 is 9.84 Å². The molecule has 0 aliphatic heterocycles. The minimum atomic E-state index is -0.450. The molecule has 0 aliphatic carbocycles. The average Bonchev–Trinajstić information content (AvgIpc) is 2.36. The molecule has 0 saturated carbocycles. The van der Waals surface area contributed by atoms with Gasteiger partial charge in [-0.25, -0.2) is 0 Å². The van der Waals surface area contributed by atoms with E-state index in [4.69, 9.17) is 4.74 Å². The third-order valence-corrected chi connectivity index (χ3v) is 2.96. The molecule has 0 radical (unpaired) electrons. The SMILES string of the molecule is COc1ccccc1-n1ncc(O)c(Br)c1=O. The van der Waals surface area contributed by atoms with Crippen molar-refractivity contribution in [1.29, 1.82) is 0 Å². The number of rotatable bonds is 2. The first-order chi connectivity index (χ1) is 8.15. The Morgan fingerprint density at radius 3 is 2.82 bits per heavy atom. The van der Waals surface area contributed by atoms with Gasteiger partial charge in [0.25, 0.3) is 5.56 Å². The first kappa shape index (κ1) is 11.7. The summed E-state index contributed by atoms with van der Waals surface area (Å²) in [6.07, 6.45) is 1.19. The summed E-state index contributed by atoms with van der Waals surface area (Å²) in [7, 11) is 1.51. The van der Waals surface area contributed by atoms with E-state index in [1.807, 2.05) is 0 Å². The maximum Gasteiger partial charge on any atom is 0.289 e. The molecule has 1 N–H and O–H groups in total. The minimum Gasteiger partial charge on any atom is -0.505 e. The fraction of sp³-hybridized carbons (Fsp3) is 0.0909. The van der Waals surface area contributed by atoms with Gasteiger partial charge in [0.15, 0.2) is 5.75 Å². The van der Waals surface area contributed by atoms with Crippen molar-refractivity contribution in [2.45, 2.75) is 0 Å². The summed E-state index contributed by atoms with van der Waals surface area (Å²) in [6, 6.07) is 7.00. The van der Waals surface area contributed by atoms with E-state index in [1.165, 1.54) is 13.3 Å². The zero-order valence-electron chi connectivity index (χ0n) is 8.92. The standard InChI is InChI=1S/C11H9BrN2O3/c1-17-9-5-3-2-4-7(9)14-11(16)10(12)8(15)6-13-14/h2-6,15H,1H3. The van der Waals surface area contributed by atoms with Gasteiger partial charge in [-0.2, -0.15) is 9.78 Å². The van der Waals surface area contributed by atoms with Crippen molar-refractivity contribution in [1.82, 2.24) is 9.78 Å². The molecule has 2 rings (SSSR count). The number of para-hydroxylation sites is 2. The highest BCUT2D eigenvalue weighted by Crippen LogP contribution is 2.22. The summed E-state index contributed by atoms with van der Waals surface area (Å²) in [5, 5.41) is 13.2. The van der Waals surface area contributed by atoms with Crippen LogP contribution in [0.1, 0.15) is 0 Å². The summed E-state index contributed by atoms with van der Waals surface area (Å²) in [5.74, 6) is 0.334. The van der Waals surface area contributed by atoms with Gasteiger partial charge in [0.05, 0.1) is 13.3 Å². The molecule has 1 heterocycles. The van der Waals surface area contributed by atoms with Crippen molar-refractivity contribution in [3.05, 3.63) is 45.3 Å². The lowest BCUT2D eigenvalue weighted by Gasteiger charge is -2.09. The fourth-order valence-corrected chi connectivity index (χ4v) is 1.67. The third-order valence-electron chi connectivity index (χ3n) is 2.21. The Kier molecular flexibility index (Phi) is 3.14. The lowest BCUT2D eigenvalue weighted by molar-refractivity contribution is 0.410. The second-order valence-electron chi connectivity index (χ2n) is 3.23. The van der Waals surface area contributed by atoms with Crippen LogP contribution >= 0.6 is 15.9 Å². The largest absolute Gasteiger partial charge is 0.505 e. The number of aromatic hydroxyl groups is 1. The van der Waals surface area contributed by atoms with Gasteiger partial charge >= 0.3 is 0 Å². The first-order valence-corrected chi connectivity index (χ1v) is 5.54. The predicted molar refractivity (Wildman–Crippen MR) is 65.8 cm³/mol. The third kappa shape index (κ3) is 2.03. The molecule has 0 amide bonds. The number of aromatic nitrogens is 2. The smallest absolute Gasteiger partial charge is 0.289 e. The second kappa shape index (κ2) is 4.58. The van der Waals surface area contributed by atoms with Crippen LogP contribution in [-0.2, 0) is 0 Å². The fourth-order valence-electron chi connectivity index (χ4n) is 1.40. The van der Waals surface area contributed by atoms with Crippen LogP contribution in [0.15, 0.2) is 39.7 Å². The Hall–Kier alpha value is -1.82. The summed E-state index contributed by atoms with van der Waals surface area (Å²) in [6.45, 7) is 0. The number of nitrogens with zero attached hydrogens (tertiary/aromatic N) is 2. The van der Waals surface area contributed by atoms with Crippen LogP contribution in [0.25, 0.3) is 5.69 Å². The van der Waals surface area contributed by atoms with Gasteiger partial charge in [-0.15, -0.1) is 0 Å². The maximum atomic E-state index is 11.9. The molecule has 0 bridgehead atoms. The molecule has 0 atom stereocenters. The van der Waals surface area contributed by atoms with Crippen LogP contribution in [0.4, 0.5) is 0 Å². The molecular weight excluding hydrogens is 288 g/mol. The highest BCUT2D eigenvalue weighted by molar-refractivity contribution is 9.10. The van der Waals surface area contributed by atoms with Gasteiger partial charge in [-0.1, -0.05) is 12.1 Å². The molecule has 88 valence electrons. The van der Waals surface area contributed by atoms with E-state index in [9.17, 15) is 9.90 Å². The number of hydrogen-bond donors (Lipinski definition) is 1. The van der Waals surface area contributed by atoms with E-state index in [1.54, 1.807) is 24.3 Å². The summed E-state index contributed by atoms with van der Waals surface area (Å²) in [5.41, 5.74) is 0.0650. The lowest BCUT2D eigenvalue weighted by atomic mass is 10.3. The molecule has 1 aromatic heterocycles. The van der Waals surface area contributed by atoms with Crippen molar-refractivity contribution in [2.24, 2.45) is 0 Å². The van der Waals surface area contributed by atoms with E-state index in [2.05, 4.69) is 21.0 Å². The predicted octanol–water partition coefficient (Wildman–Crippen LogP) is 1.71. The Labute approximate surface area is 105 Å². The van der Waals surface area contributed by atoms with Crippen LogP contribution in [0.5, 0.6) is 11.5 Å². The molecule has 6 heteroatoms. The van der Waals surface area contributed by atoms with Crippen LogP contribution in [0, 0.1) is 0 Å². The van der Waals surface area contributed by atoms with Crippen LogP contribution in [0.2, 0.25) is 0 Å². The van der Waals surface area contributed by atoms with Gasteiger partial charge < -0.3 is 9.84 Å². The monoisotopic (exact) mass is 296 g/mol. The highest BCUT2D eigenvalue weighted by Gasteiger charge is 2.12. The van der Waals surface area contributed by atoms with Crippen LogP contribution in [0.3, 0.4) is 0 Å². The van der Waals surface area contributed by atoms with Gasteiger partial charge in [0, 0.05) is 0 Å². The van der Waals surface area contributed by atoms with Crippen LogP contribution in [-0.4, -0.2) is 22.0 Å². The van der Waals surface area contributed by atoms with Crippen molar-refractivity contribution in [3.63, 3.8) is 0 Å². The van der Waals surface area contributed by atoms with Crippen molar-refractivity contribution in [3.8, 4) is 17.2 Å². The van der Waals surface area contributed by atoms with E-state index in [0.717, 1.165) is 4.68 Å². The van der Waals surface area contributed by atoms with Gasteiger partial charge in [-0.3, -0.25) is 4.79 Å². The highest BCUT2D eigenvalue weighted by atomic mass is 79.9. The molecule has 17 heavy (non-hydrogen) atoms. The molecule has 2 aromatic rings. The quantitative estimate of drug-likeness (QED) is 0.916. The van der Waals surface area contributed by atoms with Crippen LogP contribution < -0.4 is 10.3 Å². The van der Waals surface area contributed by atoms with E-state index in [-0.39, 0.29) is 10.2 Å². The number of benzene rings is 1. The van der Waals surface area contributed by atoms with Crippen molar-refractivity contribution >= 4 is 15.9 Å². The van der Waals surface area contributed by atoms with Gasteiger partial charge in [0.1, 0.15) is 15.9 Å². The maximum absolute atomic E-state index is 11.9. The number of ether oxygens (including phenoxy) is 1. The van der Waals surface area contributed by atoms with Crippen molar-refractivity contribution in [2.75, 3.05) is 7.11 Å². The zero-order chi connectivity index (χ0) is 12.4. The Balaban J connectivity index is 2.70. The molecule has 1 aromatic carbocycles. The molecule has 0 fully saturated rings. The Morgan fingerprint density at radius 1 is 1.41 bits per heavy atom. The van der Waals surface area contributed by atoms with E-state index >= 15 is 0 Å². The molecule has 0 unspecified atom stereocenters. The summed E-state index contributed by atoms with van der Waals surface area (Å²) in [4.78, 5) is 11.9. The van der Waals surface area contributed by atoms with Gasteiger partial charge in [-0.05, 0) is 28.1 Å². The summed E-state index contributed by atoms with van der Waals surface area (Å²) >= 11 is 3.01. The zero-order valence-corrected chi connectivity index (χ0v) is 10.5. The van der Waals surface area contributed by atoms with E-state index in [0.29, 0.717) is 11.4 Å². The number of methoxy groups -OCH3 is 1. The average molecular weight is 297 g/mol. The lowest BCUT2D eigenvalue weighted by Crippen LogP contribution is -2.21. The topological polar surface area (TPSA) is 64.3 Å². The Bertz CT molecular complexity index is 610.